The van der Waals surface area contributed by atoms with Gasteiger partial charge < -0.3 is 11.1 Å². The van der Waals surface area contributed by atoms with Gasteiger partial charge in [0, 0.05) is 20.5 Å². The highest BCUT2D eigenvalue weighted by molar-refractivity contribution is 14.1. The van der Waals surface area contributed by atoms with Crippen LogP contribution in [0.2, 0.25) is 0 Å². The van der Waals surface area contributed by atoms with Gasteiger partial charge in [-0.1, -0.05) is 12.1 Å². The molecule has 3 nitrogen and oxygen atoms in total. The maximum Gasteiger partial charge on any atom is 0.255 e. The molecular weight excluding hydrogens is 327 g/mol. The highest BCUT2D eigenvalue weighted by Crippen LogP contribution is 2.14. The van der Waals surface area contributed by atoms with Crippen LogP contribution in [0.5, 0.6) is 0 Å². The number of hydrogen-bond acceptors (Lipinski definition) is 2. The largest absolute Gasteiger partial charge is 0.399 e. The number of nitrogens with one attached hydrogen (secondary N) is 1. The van der Waals surface area contributed by atoms with E-state index in [0.717, 1.165) is 3.57 Å². The van der Waals surface area contributed by atoms with Crippen molar-refractivity contribution in [1.29, 1.82) is 0 Å². The Labute approximate surface area is 113 Å². The average Bonchev–Trinajstić information content (AvgIpc) is 2.29. The number of rotatable bonds is 2. The van der Waals surface area contributed by atoms with Crippen molar-refractivity contribution in [3.63, 3.8) is 0 Å². The van der Waals surface area contributed by atoms with Crippen molar-refractivity contribution in [2.24, 2.45) is 0 Å². The molecule has 4 heteroatoms. The quantitative estimate of drug-likeness (QED) is 0.653. The Morgan fingerprint density at radius 1 is 1.12 bits per heavy atom. The number of amides is 1. The number of halogens is 1. The molecule has 2 rings (SSSR count). The highest BCUT2D eigenvalue weighted by atomic mass is 127. The van der Waals surface area contributed by atoms with Gasteiger partial charge in [0.25, 0.3) is 5.91 Å². The molecule has 0 unspecified atom stereocenters. The first-order valence-corrected chi connectivity index (χ1v) is 6.15. The second-order valence-electron chi connectivity index (χ2n) is 3.59. The molecule has 0 fully saturated rings. The van der Waals surface area contributed by atoms with Crippen LogP contribution in [0.25, 0.3) is 0 Å². The zero-order valence-electron chi connectivity index (χ0n) is 8.98. The summed E-state index contributed by atoms with van der Waals surface area (Å²) in [6.45, 7) is 0. The lowest BCUT2D eigenvalue weighted by Gasteiger charge is -2.06. The minimum Gasteiger partial charge on any atom is -0.399 e. The molecule has 0 aromatic heterocycles. The zero-order valence-corrected chi connectivity index (χ0v) is 11.1. The van der Waals surface area contributed by atoms with Gasteiger partial charge in [-0.3, -0.25) is 4.79 Å². The topological polar surface area (TPSA) is 55.1 Å². The van der Waals surface area contributed by atoms with E-state index >= 15 is 0 Å². The number of hydrogen-bond donors (Lipinski definition) is 2. The van der Waals surface area contributed by atoms with Crippen molar-refractivity contribution in [2.45, 2.75) is 0 Å². The van der Waals surface area contributed by atoms with Crippen LogP contribution in [-0.2, 0) is 0 Å². The number of carbonyl (C=O) groups is 1. The van der Waals surface area contributed by atoms with Crippen LogP contribution in [0, 0.1) is 3.57 Å². The van der Waals surface area contributed by atoms with Crippen LogP contribution in [0.3, 0.4) is 0 Å². The summed E-state index contributed by atoms with van der Waals surface area (Å²) in [5, 5.41) is 2.80. The van der Waals surface area contributed by atoms with Crippen molar-refractivity contribution in [1.82, 2.24) is 0 Å². The van der Waals surface area contributed by atoms with Crippen molar-refractivity contribution < 1.29 is 4.79 Å². The molecule has 0 radical (unpaired) electrons. The molecule has 0 aliphatic rings. The van der Waals surface area contributed by atoms with E-state index in [9.17, 15) is 4.79 Å². The fourth-order valence-corrected chi connectivity index (χ4v) is 1.99. The first-order chi connectivity index (χ1) is 8.15. The van der Waals surface area contributed by atoms with Gasteiger partial charge in [0.2, 0.25) is 0 Å². The molecule has 0 saturated carbocycles. The predicted molar refractivity (Wildman–Crippen MR) is 78.0 cm³/mol. The van der Waals surface area contributed by atoms with Crippen molar-refractivity contribution in [2.75, 3.05) is 11.1 Å². The minimum absolute atomic E-state index is 0.130. The van der Waals surface area contributed by atoms with Crippen molar-refractivity contribution >= 4 is 39.9 Å². The van der Waals surface area contributed by atoms with E-state index in [1.165, 1.54) is 0 Å². The van der Waals surface area contributed by atoms with E-state index in [2.05, 4.69) is 27.9 Å². The second-order valence-corrected chi connectivity index (χ2v) is 4.84. The Bertz CT molecular complexity index is 555. The van der Waals surface area contributed by atoms with Gasteiger partial charge in [-0.25, -0.2) is 0 Å². The summed E-state index contributed by atoms with van der Waals surface area (Å²) in [5.74, 6) is -0.130. The van der Waals surface area contributed by atoms with Crippen LogP contribution < -0.4 is 11.1 Å². The van der Waals surface area contributed by atoms with Gasteiger partial charge in [-0.15, -0.1) is 0 Å². The van der Waals surface area contributed by atoms with Gasteiger partial charge in [0.1, 0.15) is 0 Å². The van der Waals surface area contributed by atoms with Gasteiger partial charge in [0.15, 0.2) is 0 Å². The van der Waals surface area contributed by atoms with Crippen LogP contribution >= 0.6 is 22.6 Å². The van der Waals surface area contributed by atoms with E-state index in [1.54, 1.807) is 24.3 Å². The number of anilines is 2. The summed E-state index contributed by atoms with van der Waals surface area (Å²) in [6, 6.07) is 14.5. The maximum absolute atomic E-state index is 11.9. The Kier molecular flexibility index (Phi) is 3.63. The summed E-state index contributed by atoms with van der Waals surface area (Å²) in [7, 11) is 0. The second kappa shape index (κ2) is 5.18. The molecule has 3 N–H and O–H groups in total. The first kappa shape index (κ1) is 11.9. The fraction of sp³-hybridized carbons (Fsp3) is 0. The first-order valence-electron chi connectivity index (χ1n) is 5.07. The summed E-state index contributed by atoms with van der Waals surface area (Å²) >= 11 is 2.18. The summed E-state index contributed by atoms with van der Waals surface area (Å²) in [4.78, 5) is 11.9. The Balaban J connectivity index is 2.17. The normalized spacial score (nSPS) is 9.94. The molecular formula is C13H11IN2O. The van der Waals surface area contributed by atoms with E-state index in [-0.39, 0.29) is 5.91 Å². The molecule has 1 amide bonds. The number of nitrogen functional groups attached to an aromatic ring is 1. The number of benzene rings is 2. The van der Waals surface area contributed by atoms with Crippen LogP contribution in [0.4, 0.5) is 11.4 Å². The van der Waals surface area contributed by atoms with Crippen molar-refractivity contribution in [3.8, 4) is 0 Å². The molecule has 2 aromatic carbocycles. The van der Waals surface area contributed by atoms with Gasteiger partial charge in [0.05, 0.1) is 0 Å². The average molecular weight is 338 g/mol. The third-order valence-corrected chi connectivity index (χ3v) is 2.90. The molecule has 0 saturated heterocycles. The smallest absolute Gasteiger partial charge is 0.255 e. The van der Waals surface area contributed by atoms with Gasteiger partial charge >= 0.3 is 0 Å². The predicted octanol–water partition coefficient (Wildman–Crippen LogP) is 3.13. The van der Waals surface area contributed by atoms with Crippen LogP contribution in [0.1, 0.15) is 10.4 Å². The zero-order chi connectivity index (χ0) is 12.3. The minimum atomic E-state index is -0.130. The van der Waals surface area contributed by atoms with E-state index in [0.29, 0.717) is 16.9 Å². The third kappa shape index (κ3) is 3.20. The van der Waals surface area contributed by atoms with E-state index in [1.807, 2.05) is 24.3 Å². The molecule has 0 atom stereocenters. The summed E-state index contributed by atoms with van der Waals surface area (Å²) in [6.07, 6.45) is 0. The molecule has 86 valence electrons. The van der Waals surface area contributed by atoms with Gasteiger partial charge in [-0.05, 0) is 59.0 Å². The lowest BCUT2D eigenvalue weighted by atomic mass is 10.2. The van der Waals surface area contributed by atoms with E-state index < -0.39 is 0 Å². The Hall–Kier alpha value is -1.56. The Morgan fingerprint density at radius 3 is 2.59 bits per heavy atom. The molecule has 0 bridgehead atoms. The number of carbonyl (C=O) groups excluding carboxylic acids is 1. The summed E-state index contributed by atoms with van der Waals surface area (Å²) < 4.78 is 1.03. The molecule has 17 heavy (non-hydrogen) atoms. The fourth-order valence-electron chi connectivity index (χ4n) is 1.45. The molecule has 0 aliphatic carbocycles. The molecule has 2 aromatic rings. The standard InChI is InChI=1S/C13H11IN2O/c14-10-4-1-3-9(7-10)13(17)16-12-6-2-5-11(15)8-12/h1-8H,15H2,(H,16,17). The third-order valence-electron chi connectivity index (χ3n) is 2.23. The van der Waals surface area contributed by atoms with Crippen LogP contribution in [-0.4, -0.2) is 5.91 Å². The summed E-state index contributed by atoms with van der Waals surface area (Å²) in [5.41, 5.74) is 7.62. The van der Waals surface area contributed by atoms with Crippen LogP contribution in [0.15, 0.2) is 48.5 Å². The molecule has 0 spiro atoms. The number of nitrogens with two attached hydrogens (primary N) is 1. The lowest BCUT2D eigenvalue weighted by Crippen LogP contribution is -2.12. The van der Waals surface area contributed by atoms with Gasteiger partial charge in [-0.2, -0.15) is 0 Å². The SMILES string of the molecule is Nc1cccc(NC(=O)c2cccc(I)c2)c1. The monoisotopic (exact) mass is 338 g/mol. The van der Waals surface area contributed by atoms with Crippen molar-refractivity contribution in [3.05, 3.63) is 57.7 Å². The maximum atomic E-state index is 11.9. The molecule has 0 heterocycles. The van der Waals surface area contributed by atoms with E-state index in [4.69, 9.17) is 5.73 Å². The molecule has 0 aliphatic heterocycles. The Morgan fingerprint density at radius 2 is 1.88 bits per heavy atom. The highest BCUT2D eigenvalue weighted by Gasteiger charge is 2.05. The lowest BCUT2D eigenvalue weighted by molar-refractivity contribution is 0.102.